The largest absolute Gasteiger partial charge is 0.481 e. The third-order valence-electron chi connectivity index (χ3n) is 7.09. The quantitative estimate of drug-likeness (QED) is 0.378. The lowest BCUT2D eigenvalue weighted by molar-refractivity contribution is -0.151. The number of carboxylic acids is 1. The summed E-state index contributed by atoms with van der Waals surface area (Å²) in [7, 11) is 0. The Labute approximate surface area is 208 Å². The average molecular weight is 485 g/mol. The van der Waals surface area contributed by atoms with Gasteiger partial charge in [-0.1, -0.05) is 56.2 Å². The molecule has 9 heteroatoms. The van der Waals surface area contributed by atoms with Gasteiger partial charge in [0.15, 0.2) is 5.82 Å². The molecule has 0 aliphatic heterocycles. The van der Waals surface area contributed by atoms with Gasteiger partial charge in [0.05, 0.1) is 16.6 Å². The van der Waals surface area contributed by atoms with Gasteiger partial charge in [-0.2, -0.15) is 0 Å². The van der Waals surface area contributed by atoms with Crippen molar-refractivity contribution in [3.63, 3.8) is 0 Å². The second-order valence-corrected chi connectivity index (χ2v) is 9.41. The number of nitrogens with zero attached hydrogens (tertiary/aromatic N) is 5. The summed E-state index contributed by atoms with van der Waals surface area (Å²) in [6.45, 7) is 2.44. The summed E-state index contributed by atoms with van der Waals surface area (Å²) in [6, 6.07) is 17.7. The van der Waals surface area contributed by atoms with Gasteiger partial charge in [-0.3, -0.25) is 9.59 Å². The van der Waals surface area contributed by atoms with E-state index in [2.05, 4.69) is 20.6 Å². The van der Waals surface area contributed by atoms with Gasteiger partial charge < -0.3 is 10.0 Å². The summed E-state index contributed by atoms with van der Waals surface area (Å²) in [5.74, 6) is -0.259. The van der Waals surface area contributed by atoms with Crippen molar-refractivity contribution in [1.82, 2.24) is 30.5 Å². The molecule has 1 aliphatic carbocycles. The number of nitrogens with one attached hydrogen (secondary N) is 1. The molecule has 0 unspecified atom stereocenters. The van der Waals surface area contributed by atoms with Gasteiger partial charge in [-0.15, -0.1) is 5.10 Å². The number of benzene rings is 2. The Hall–Kier alpha value is -4.14. The normalized spacial score (nSPS) is 14.7. The molecule has 0 radical (unpaired) electrons. The van der Waals surface area contributed by atoms with E-state index in [1.54, 1.807) is 4.90 Å². The number of aromatic nitrogens is 5. The Morgan fingerprint density at radius 1 is 1.06 bits per heavy atom. The van der Waals surface area contributed by atoms with E-state index < -0.39 is 11.4 Å². The van der Waals surface area contributed by atoms with E-state index in [9.17, 15) is 14.7 Å². The van der Waals surface area contributed by atoms with Gasteiger partial charge in [0.1, 0.15) is 0 Å². The van der Waals surface area contributed by atoms with Crippen LogP contribution in [0.2, 0.25) is 0 Å². The molecule has 2 heterocycles. The highest BCUT2D eigenvalue weighted by molar-refractivity contribution is 5.86. The van der Waals surface area contributed by atoms with E-state index in [0.717, 1.165) is 46.1 Å². The van der Waals surface area contributed by atoms with E-state index in [0.29, 0.717) is 31.6 Å². The van der Waals surface area contributed by atoms with Gasteiger partial charge in [0, 0.05) is 36.0 Å². The molecule has 2 aromatic carbocycles. The third kappa shape index (κ3) is 4.56. The van der Waals surface area contributed by atoms with Crippen molar-refractivity contribution in [2.24, 2.45) is 5.41 Å². The van der Waals surface area contributed by atoms with E-state index in [4.69, 9.17) is 4.98 Å². The molecule has 184 valence electrons. The van der Waals surface area contributed by atoms with Crippen LogP contribution in [0.3, 0.4) is 0 Å². The van der Waals surface area contributed by atoms with Crippen LogP contribution in [0.1, 0.15) is 44.6 Å². The molecule has 9 nitrogen and oxygen atoms in total. The van der Waals surface area contributed by atoms with Crippen LogP contribution >= 0.6 is 0 Å². The number of pyridine rings is 1. The minimum atomic E-state index is -0.843. The van der Waals surface area contributed by atoms with E-state index >= 15 is 0 Å². The molecule has 5 rings (SSSR count). The summed E-state index contributed by atoms with van der Waals surface area (Å²) in [5.41, 5.74) is 3.51. The van der Waals surface area contributed by atoms with Gasteiger partial charge in [0.25, 0.3) is 0 Å². The third-order valence-corrected chi connectivity index (χ3v) is 7.09. The summed E-state index contributed by atoms with van der Waals surface area (Å²) in [4.78, 5) is 31.4. The Morgan fingerprint density at radius 3 is 2.53 bits per heavy atom. The first kappa shape index (κ1) is 23.6. The fourth-order valence-electron chi connectivity index (χ4n) is 5.14. The first-order valence-electron chi connectivity index (χ1n) is 12.2. The Kier molecular flexibility index (Phi) is 6.45. The molecule has 36 heavy (non-hydrogen) atoms. The number of H-pyrrole nitrogens is 1. The summed E-state index contributed by atoms with van der Waals surface area (Å²) in [6.07, 6.45) is 3.35. The predicted molar refractivity (Wildman–Crippen MR) is 135 cm³/mol. The molecule has 0 bridgehead atoms. The van der Waals surface area contributed by atoms with Crippen LogP contribution in [0.4, 0.5) is 0 Å². The first-order valence-corrected chi connectivity index (χ1v) is 12.2. The van der Waals surface area contributed by atoms with Crippen molar-refractivity contribution < 1.29 is 14.7 Å². The molecule has 4 aromatic rings. The number of tetrazole rings is 1. The standard InChI is InChI=1S/C27H28N6O3/c1-2-24(34)33(17-27(26(35)36)13-5-6-14-27)16-18-9-11-22-19(15-18)10-12-23(28-22)20-7-3-4-8-21(20)25-29-31-32-30-25/h3-4,7-12,15H,2,5-6,13-14,16-17H2,1H3,(H,35,36)(H,29,30,31,32). The van der Waals surface area contributed by atoms with Crippen molar-refractivity contribution in [3.05, 3.63) is 60.2 Å². The Balaban J connectivity index is 1.42. The fraction of sp³-hybridized carbons (Fsp3) is 0.333. The second-order valence-electron chi connectivity index (χ2n) is 9.41. The molecule has 0 saturated heterocycles. The maximum absolute atomic E-state index is 12.8. The maximum Gasteiger partial charge on any atom is 0.311 e. The number of hydrogen-bond donors (Lipinski definition) is 2. The van der Waals surface area contributed by atoms with Crippen molar-refractivity contribution in [2.45, 2.75) is 45.6 Å². The van der Waals surface area contributed by atoms with Crippen molar-refractivity contribution in [3.8, 4) is 22.6 Å². The lowest BCUT2D eigenvalue weighted by Gasteiger charge is -2.32. The highest BCUT2D eigenvalue weighted by Crippen LogP contribution is 2.39. The number of carbonyl (C=O) groups excluding carboxylic acids is 1. The molecule has 1 saturated carbocycles. The zero-order chi connectivity index (χ0) is 25.1. The predicted octanol–water partition coefficient (Wildman–Crippen LogP) is 4.47. The van der Waals surface area contributed by atoms with Crippen LogP contribution in [-0.2, 0) is 16.1 Å². The lowest BCUT2D eigenvalue weighted by atomic mass is 9.85. The van der Waals surface area contributed by atoms with Crippen molar-refractivity contribution in [2.75, 3.05) is 6.54 Å². The molecule has 1 fully saturated rings. The number of aliphatic carboxylic acids is 1. The van der Waals surface area contributed by atoms with Crippen molar-refractivity contribution >= 4 is 22.8 Å². The van der Waals surface area contributed by atoms with Gasteiger partial charge >= 0.3 is 5.97 Å². The van der Waals surface area contributed by atoms with Crippen LogP contribution in [-0.4, -0.2) is 54.0 Å². The zero-order valence-electron chi connectivity index (χ0n) is 20.1. The van der Waals surface area contributed by atoms with Gasteiger partial charge in [0.2, 0.25) is 5.91 Å². The Morgan fingerprint density at radius 2 is 1.83 bits per heavy atom. The van der Waals surface area contributed by atoms with Crippen molar-refractivity contribution in [1.29, 1.82) is 0 Å². The lowest BCUT2D eigenvalue weighted by Crippen LogP contribution is -2.43. The van der Waals surface area contributed by atoms with Crippen LogP contribution in [0.25, 0.3) is 33.5 Å². The number of hydrogen-bond acceptors (Lipinski definition) is 6. The minimum Gasteiger partial charge on any atom is -0.481 e. The van der Waals surface area contributed by atoms with Gasteiger partial charge in [-0.25, -0.2) is 10.1 Å². The highest BCUT2D eigenvalue weighted by atomic mass is 16.4. The van der Waals surface area contributed by atoms with E-state index in [1.165, 1.54) is 0 Å². The second kappa shape index (κ2) is 9.85. The average Bonchev–Trinajstić information content (AvgIpc) is 3.61. The summed E-state index contributed by atoms with van der Waals surface area (Å²) in [5, 5.41) is 25.1. The van der Waals surface area contributed by atoms with E-state index in [-0.39, 0.29) is 12.5 Å². The number of aromatic amines is 1. The van der Waals surface area contributed by atoms with E-state index in [1.807, 2.05) is 61.5 Å². The number of fused-ring (bicyclic) bond motifs is 1. The van der Waals surface area contributed by atoms with Gasteiger partial charge in [-0.05, 0) is 47.0 Å². The Bertz CT molecular complexity index is 1400. The summed E-state index contributed by atoms with van der Waals surface area (Å²) < 4.78 is 0. The number of amides is 1. The van der Waals surface area contributed by atoms with Crippen LogP contribution < -0.4 is 0 Å². The fourth-order valence-corrected chi connectivity index (χ4v) is 5.14. The summed E-state index contributed by atoms with van der Waals surface area (Å²) >= 11 is 0. The van der Waals surface area contributed by atoms with Crippen LogP contribution in [0.5, 0.6) is 0 Å². The zero-order valence-corrected chi connectivity index (χ0v) is 20.1. The minimum absolute atomic E-state index is 0.0328. The molecule has 0 spiro atoms. The molecule has 1 amide bonds. The molecular weight excluding hydrogens is 456 g/mol. The monoisotopic (exact) mass is 484 g/mol. The topological polar surface area (TPSA) is 125 Å². The number of carbonyl (C=O) groups is 2. The number of rotatable bonds is 8. The highest BCUT2D eigenvalue weighted by Gasteiger charge is 2.43. The maximum atomic E-state index is 12.8. The molecule has 2 N–H and O–H groups in total. The molecule has 1 aliphatic rings. The molecular formula is C27H28N6O3. The SMILES string of the molecule is CCC(=O)N(Cc1ccc2nc(-c3ccccc3-c3nnn[nH]3)ccc2c1)CC1(C(=O)O)CCCC1. The van der Waals surface area contributed by atoms with Crippen LogP contribution in [0, 0.1) is 5.41 Å². The smallest absolute Gasteiger partial charge is 0.311 e. The first-order chi connectivity index (χ1) is 17.5. The van der Waals surface area contributed by atoms with Crippen LogP contribution in [0.15, 0.2) is 54.6 Å². The molecule has 0 atom stereocenters. The molecule has 2 aromatic heterocycles. The number of carboxylic acid groups (broad SMARTS) is 1.